The number of hydrogen-bond acceptors (Lipinski definition) is 5. The fourth-order valence-corrected chi connectivity index (χ4v) is 4.38. The first-order valence-corrected chi connectivity index (χ1v) is 11.8. The maximum atomic E-state index is 13.2. The van der Waals surface area contributed by atoms with Gasteiger partial charge in [0.15, 0.2) is 0 Å². The van der Waals surface area contributed by atoms with E-state index in [1.165, 1.54) is 4.90 Å². The van der Waals surface area contributed by atoms with Gasteiger partial charge in [-0.15, -0.1) is 0 Å². The molecule has 0 saturated carbocycles. The van der Waals surface area contributed by atoms with E-state index in [2.05, 4.69) is 4.98 Å². The Bertz CT molecular complexity index is 1320. The van der Waals surface area contributed by atoms with Gasteiger partial charge >= 0.3 is 0 Å². The number of carbonyl (C=O) groups is 2. The molecule has 4 rings (SSSR count). The topological polar surface area (TPSA) is 79.7 Å². The highest BCUT2D eigenvalue weighted by Crippen LogP contribution is 2.42. The van der Waals surface area contributed by atoms with Crippen LogP contribution in [0.4, 0.5) is 0 Å². The Morgan fingerprint density at radius 2 is 1.86 bits per heavy atom. The number of aryl methyl sites for hydroxylation is 1. The van der Waals surface area contributed by atoms with Crippen LogP contribution < -0.4 is 4.74 Å². The molecule has 1 aliphatic heterocycles. The molecular formula is C27H24Cl2N2O4. The molecule has 2 heterocycles. The number of aliphatic hydroxyl groups excluding tert-OH is 1. The molecule has 3 aromatic rings. The third-order valence-electron chi connectivity index (χ3n) is 5.67. The Kier molecular flexibility index (Phi) is 7.15. The Hall–Kier alpha value is -3.35. The standard InChI is InChI=1S/C27H24Cl2N2O4/c1-15(2)35-22-10-8-18(12-16(22)3)25(32)23-24(17-7-9-20(28)21(29)13-17)31(27(34)26(23)33)14-19-6-4-5-11-30-19/h4-13,15,24,32H,14H2,1-3H3/b25-23-. The zero-order valence-corrected chi connectivity index (χ0v) is 21.0. The van der Waals surface area contributed by atoms with Gasteiger partial charge in [-0.05, 0) is 74.4 Å². The molecule has 0 spiro atoms. The largest absolute Gasteiger partial charge is 0.507 e. The number of nitrogens with zero attached hydrogens (tertiary/aromatic N) is 2. The smallest absolute Gasteiger partial charge is 0.296 e. The van der Waals surface area contributed by atoms with Crippen molar-refractivity contribution < 1.29 is 19.4 Å². The van der Waals surface area contributed by atoms with Crippen LogP contribution in [0.15, 0.2) is 66.4 Å². The monoisotopic (exact) mass is 510 g/mol. The molecule has 2 aromatic carbocycles. The van der Waals surface area contributed by atoms with Crippen LogP contribution in [0.5, 0.6) is 5.75 Å². The first-order valence-electron chi connectivity index (χ1n) is 11.1. The number of hydrogen-bond donors (Lipinski definition) is 1. The average Bonchev–Trinajstić information content (AvgIpc) is 3.07. The van der Waals surface area contributed by atoms with Gasteiger partial charge in [-0.3, -0.25) is 14.6 Å². The summed E-state index contributed by atoms with van der Waals surface area (Å²) in [6, 6.07) is 14.5. The summed E-state index contributed by atoms with van der Waals surface area (Å²) in [6.07, 6.45) is 1.60. The number of benzene rings is 2. The van der Waals surface area contributed by atoms with E-state index in [-0.39, 0.29) is 29.0 Å². The summed E-state index contributed by atoms with van der Waals surface area (Å²) in [6.45, 7) is 5.78. The zero-order chi connectivity index (χ0) is 25.3. The predicted octanol–water partition coefficient (Wildman–Crippen LogP) is 6.11. The number of pyridine rings is 1. The van der Waals surface area contributed by atoms with Gasteiger partial charge in [0.05, 0.1) is 40.0 Å². The highest BCUT2D eigenvalue weighted by Gasteiger charge is 2.46. The molecule has 1 atom stereocenters. The van der Waals surface area contributed by atoms with Crippen molar-refractivity contribution >= 4 is 40.7 Å². The van der Waals surface area contributed by atoms with Crippen molar-refractivity contribution in [3.8, 4) is 5.75 Å². The number of carbonyl (C=O) groups excluding carboxylic acids is 2. The van der Waals surface area contributed by atoms with Crippen LogP contribution in [0.2, 0.25) is 10.0 Å². The van der Waals surface area contributed by atoms with Crippen LogP contribution >= 0.6 is 23.2 Å². The summed E-state index contributed by atoms with van der Waals surface area (Å²) in [4.78, 5) is 32.1. The molecule has 0 aliphatic carbocycles. The molecule has 0 radical (unpaired) electrons. The second kappa shape index (κ2) is 10.1. The van der Waals surface area contributed by atoms with Crippen LogP contribution in [0, 0.1) is 6.92 Å². The van der Waals surface area contributed by atoms with E-state index in [0.29, 0.717) is 27.6 Å². The van der Waals surface area contributed by atoms with Gasteiger partial charge < -0.3 is 14.7 Å². The van der Waals surface area contributed by atoms with Crippen molar-refractivity contribution in [3.63, 3.8) is 0 Å². The number of aliphatic hydroxyl groups is 1. The summed E-state index contributed by atoms with van der Waals surface area (Å²) >= 11 is 12.4. The fraction of sp³-hybridized carbons (Fsp3) is 0.222. The fourth-order valence-electron chi connectivity index (χ4n) is 4.08. The van der Waals surface area contributed by atoms with Gasteiger partial charge in [-0.25, -0.2) is 0 Å². The number of halogens is 2. The molecule has 1 aliphatic rings. The SMILES string of the molecule is Cc1cc(/C(O)=C2/C(=O)C(=O)N(Cc3ccccn3)C2c2ccc(Cl)c(Cl)c2)ccc1OC(C)C. The first-order chi connectivity index (χ1) is 16.7. The first kappa shape index (κ1) is 24.8. The lowest BCUT2D eigenvalue weighted by molar-refractivity contribution is -0.140. The second-order valence-corrected chi connectivity index (χ2v) is 9.38. The molecule has 1 fully saturated rings. The number of amides is 1. The van der Waals surface area contributed by atoms with Gasteiger partial charge in [0.2, 0.25) is 0 Å². The van der Waals surface area contributed by atoms with Gasteiger partial charge in [0, 0.05) is 11.8 Å². The van der Waals surface area contributed by atoms with Crippen LogP contribution in [0.3, 0.4) is 0 Å². The van der Waals surface area contributed by atoms with Crippen molar-refractivity contribution in [1.82, 2.24) is 9.88 Å². The molecule has 8 heteroatoms. The van der Waals surface area contributed by atoms with Crippen molar-refractivity contribution in [2.45, 2.75) is 39.5 Å². The Morgan fingerprint density at radius 3 is 2.49 bits per heavy atom. The van der Waals surface area contributed by atoms with Gasteiger partial charge in [-0.1, -0.05) is 35.3 Å². The number of rotatable bonds is 6. The number of likely N-dealkylation sites (tertiary alicyclic amines) is 1. The zero-order valence-electron chi connectivity index (χ0n) is 19.5. The number of ether oxygens (including phenoxy) is 1. The minimum absolute atomic E-state index is 0.0141. The summed E-state index contributed by atoms with van der Waals surface area (Å²) < 4.78 is 5.78. The van der Waals surface area contributed by atoms with E-state index in [4.69, 9.17) is 27.9 Å². The lowest BCUT2D eigenvalue weighted by atomic mass is 9.94. The normalized spacial score (nSPS) is 17.3. The van der Waals surface area contributed by atoms with Gasteiger partial charge in [0.1, 0.15) is 11.5 Å². The average molecular weight is 511 g/mol. The molecule has 1 amide bonds. The minimum Gasteiger partial charge on any atom is -0.507 e. The maximum Gasteiger partial charge on any atom is 0.296 e. The van der Waals surface area contributed by atoms with E-state index in [1.54, 1.807) is 60.8 Å². The van der Waals surface area contributed by atoms with E-state index in [1.807, 2.05) is 20.8 Å². The van der Waals surface area contributed by atoms with Crippen molar-refractivity contribution in [1.29, 1.82) is 0 Å². The van der Waals surface area contributed by atoms with E-state index in [9.17, 15) is 14.7 Å². The molecular weight excluding hydrogens is 487 g/mol. The molecule has 1 aromatic heterocycles. The molecule has 0 bridgehead atoms. The van der Waals surface area contributed by atoms with Gasteiger partial charge in [-0.2, -0.15) is 0 Å². The highest BCUT2D eigenvalue weighted by atomic mass is 35.5. The minimum atomic E-state index is -0.876. The molecule has 6 nitrogen and oxygen atoms in total. The predicted molar refractivity (Wildman–Crippen MR) is 135 cm³/mol. The second-order valence-electron chi connectivity index (χ2n) is 8.57. The van der Waals surface area contributed by atoms with E-state index >= 15 is 0 Å². The van der Waals surface area contributed by atoms with Crippen molar-refractivity contribution in [2.24, 2.45) is 0 Å². The van der Waals surface area contributed by atoms with Crippen LogP contribution in [0.25, 0.3) is 5.76 Å². The Labute approximate surface area is 213 Å². The van der Waals surface area contributed by atoms with E-state index in [0.717, 1.165) is 5.56 Å². The van der Waals surface area contributed by atoms with Crippen LogP contribution in [-0.2, 0) is 16.1 Å². The van der Waals surface area contributed by atoms with E-state index < -0.39 is 17.7 Å². The third kappa shape index (κ3) is 5.04. The molecule has 35 heavy (non-hydrogen) atoms. The molecule has 1 N–H and O–H groups in total. The number of ketones is 1. The quantitative estimate of drug-likeness (QED) is 0.246. The molecule has 180 valence electrons. The summed E-state index contributed by atoms with van der Waals surface area (Å²) in [7, 11) is 0. The summed E-state index contributed by atoms with van der Waals surface area (Å²) in [5.41, 5.74) is 2.32. The summed E-state index contributed by atoms with van der Waals surface area (Å²) in [5, 5.41) is 11.9. The highest BCUT2D eigenvalue weighted by molar-refractivity contribution is 6.46. The van der Waals surface area contributed by atoms with Crippen LogP contribution in [0.1, 0.15) is 42.3 Å². The lowest BCUT2D eigenvalue weighted by Crippen LogP contribution is -2.29. The Morgan fingerprint density at radius 1 is 1.09 bits per heavy atom. The number of Topliss-reactive ketones (excluding diaryl/α,β-unsaturated/α-hetero) is 1. The van der Waals surface area contributed by atoms with Crippen molar-refractivity contribution in [2.75, 3.05) is 0 Å². The molecule has 1 unspecified atom stereocenters. The van der Waals surface area contributed by atoms with Crippen molar-refractivity contribution in [3.05, 3.63) is 98.8 Å². The molecule has 1 saturated heterocycles. The lowest BCUT2D eigenvalue weighted by Gasteiger charge is -2.25. The number of aromatic nitrogens is 1. The third-order valence-corrected chi connectivity index (χ3v) is 6.41. The summed E-state index contributed by atoms with van der Waals surface area (Å²) in [5.74, 6) is -1.12. The Balaban J connectivity index is 1.85. The van der Waals surface area contributed by atoms with Crippen LogP contribution in [-0.4, -0.2) is 32.8 Å². The van der Waals surface area contributed by atoms with Gasteiger partial charge in [0.25, 0.3) is 11.7 Å². The maximum absolute atomic E-state index is 13.2.